The van der Waals surface area contributed by atoms with Gasteiger partial charge in [0.2, 0.25) is 11.8 Å². The minimum Gasteiger partial charge on any atom is -0.373 e. The predicted molar refractivity (Wildman–Crippen MR) is 118 cm³/mol. The standard InChI is InChI=1S/C22H28N4O3S/c1-14-4-6-19(7-5-14)26-11-17(8-20(26)27)21(28)24-22-23-18(13-30-22)12-25-9-15(2)29-16(3)10-25/h4-7,13,15-17H,8-12H2,1-3H3,(H,23,24,28)/t15-,16+,17-/m1/s1. The molecular formula is C22H28N4O3S. The number of amides is 2. The van der Waals surface area contributed by atoms with Crippen molar-refractivity contribution in [1.82, 2.24) is 9.88 Å². The summed E-state index contributed by atoms with van der Waals surface area (Å²) in [5, 5.41) is 5.48. The minimum atomic E-state index is -0.368. The van der Waals surface area contributed by atoms with Crippen molar-refractivity contribution in [3.8, 4) is 0 Å². The molecule has 0 bridgehead atoms. The Morgan fingerprint density at radius 1 is 1.20 bits per heavy atom. The summed E-state index contributed by atoms with van der Waals surface area (Å²) in [5.74, 6) is -0.533. The Hall–Kier alpha value is -2.29. The number of benzene rings is 1. The molecule has 3 heterocycles. The molecule has 0 unspecified atom stereocenters. The van der Waals surface area contributed by atoms with Gasteiger partial charge in [-0.05, 0) is 32.9 Å². The first kappa shape index (κ1) is 21.0. The maximum Gasteiger partial charge on any atom is 0.231 e. The SMILES string of the molecule is Cc1ccc(N2C[C@H](C(=O)Nc3nc(CN4C[C@@H](C)O[C@@H](C)C4)cs3)CC2=O)cc1. The van der Waals surface area contributed by atoms with Crippen molar-refractivity contribution in [3.05, 3.63) is 40.9 Å². The summed E-state index contributed by atoms with van der Waals surface area (Å²) in [7, 11) is 0. The van der Waals surface area contributed by atoms with Crippen LogP contribution in [0, 0.1) is 12.8 Å². The van der Waals surface area contributed by atoms with Gasteiger partial charge in [0.05, 0.1) is 23.8 Å². The summed E-state index contributed by atoms with van der Waals surface area (Å²) in [4.78, 5) is 33.7. The Balaban J connectivity index is 1.33. The molecule has 3 atom stereocenters. The molecule has 2 saturated heterocycles. The van der Waals surface area contributed by atoms with Crippen molar-refractivity contribution in [1.29, 1.82) is 0 Å². The Kier molecular flexibility index (Phi) is 6.17. The number of ether oxygens (including phenoxy) is 1. The lowest BCUT2D eigenvalue weighted by Crippen LogP contribution is -2.44. The molecule has 2 aliphatic heterocycles. The first-order valence-electron chi connectivity index (χ1n) is 10.4. The quantitative estimate of drug-likeness (QED) is 0.792. The summed E-state index contributed by atoms with van der Waals surface area (Å²) in [6, 6.07) is 7.80. The van der Waals surface area contributed by atoms with Gasteiger partial charge in [0.15, 0.2) is 5.13 Å². The predicted octanol–water partition coefficient (Wildman–Crippen LogP) is 3.05. The van der Waals surface area contributed by atoms with Crippen molar-refractivity contribution in [2.24, 2.45) is 5.92 Å². The number of carbonyl (C=O) groups excluding carboxylic acids is 2. The maximum absolute atomic E-state index is 12.7. The Bertz CT molecular complexity index is 903. The van der Waals surface area contributed by atoms with E-state index >= 15 is 0 Å². The summed E-state index contributed by atoms with van der Waals surface area (Å²) < 4.78 is 5.78. The molecule has 8 heteroatoms. The van der Waals surface area contributed by atoms with Gasteiger partial charge in [0.25, 0.3) is 0 Å². The van der Waals surface area contributed by atoms with Crippen LogP contribution in [0.1, 0.15) is 31.5 Å². The highest BCUT2D eigenvalue weighted by Crippen LogP contribution is 2.27. The van der Waals surface area contributed by atoms with Gasteiger partial charge in [-0.3, -0.25) is 14.5 Å². The fourth-order valence-corrected chi connectivity index (χ4v) is 4.85. The van der Waals surface area contributed by atoms with E-state index in [9.17, 15) is 9.59 Å². The molecule has 30 heavy (non-hydrogen) atoms. The summed E-state index contributed by atoms with van der Waals surface area (Å²) >= 11 is 1.43. The van der Waals surface area contributed by atoms with Crippen molar-refractivity contribution < 1.29 is 14.3 Å². The van der Waals surface area contributed by atoms with E-state index in [-0.39, 0.29) is 36.4 Å². The molecule has 2 fully saturated rings. The van der Waals surface area contributed by atoms with Gasteiger partial charge in [-0.2, -0.15) is 0 Å². The molecular weight excluding hydrogens is 400 g/mol. The van der Waals surface area contributed by atoms with Crippen LogP contribution in [0.5, 0.6) is 0 Å². The second-order valence-corrected chi connectivity index (χ2v) is 9.18. The molecule has 0 spiro atoms. The number of anilines is 2. The van der Waals surface area contributed by atoms with Crippen molar-refractivity contribution in [3.63, 3.8) is 0 Å². The van der Waals surface area contributed by atoms with Crippen LogP contribution in [-0.2, 0) is 20.9 Å². The molecule has 7 nitrogen and oxygen atoms in total. The van der Waals surface area contributed by atoms with E-state index in [1.165, 1.54) is 11.3 Å². The molecule has 2 amide bonds. The fraction of sp³-hybridized carbons (Fsp3) is 0.500. The van der Waals surface area contributed by atoms with Crippen LogP contribution in [0.3, 0.4) is 0 Å². The molecule has 0 aliphatic carbocycles. The Morgan fingerprint density at radius 2 is 1.90 bits per heavy atom. The number of thiazole rings is 1. The average Bonchev–Trinajstić information content (AvgIpc) is 3.28. The molecule has 1 N–H and O–H groups in total. The second kappa shape index (κ2) is 8.83. The van der Waals surface area contributed by atoms with E-state index in [4.69, 9.17) is 4.74 Å². The molecule has 1 aromatic carbocycles. The lowest BCUT2D eigenvalue weighted by Gasteiger charge is -2.34. The molecule has 160 valence electrons. The second-order valence-electron chi connectivity index (χ2n) is 8.33. The topological polar surface area (TPSA) is 74.8 Å². The van der Waals surface area contributed by atoms with Gasteiger partial charge in [-0.25, -0.2) is 4.98 Å². The largest absolute Gasteiger partial charge is 0.373 e. The van der Waals surface area contributed by atoms with Crippen LogP contribution < -0.4 is 10.2 Å². The van der Waals surface area contributed by atoms with E-state index in [2.05, 4.69) is 29.0 Å². The third-order valence-corrected chi connectivity index (χ3v) is 6.31. The highest BCUT2D eigenvalue weighted by molar-refractivity contribution is 7.13. The van der Waals surface area contributed by atoms with Crippen LogP contribution in [0.4, 0.5) is 10.8 Å². The van der Waals surface area contributed by atoms with Crippen molar-refractivity contribution >= 4 is 34.0 Å². The molecule has 2 aliphatic rings. The molecule has 4 rings (SSSR count). The molecule has 1 aromatic heterocycles. The third kappa shape index (κ3) is 4.88. The zero-order chi connectivity index (χ0) is 21.3. The van der Waals surface area contributed by atoms with Crippen LogP contribution in [0.15, 0.2) is 29.6 Å². The van der Waals surface area contributed by atoms with E-state index < -0.39 is 0 Å². The van der Waals surface area contributed by atoms with E-state index in [1.54, 1.807) is 4.90 Å². The Labute approximate surface area is 181 Å². The highest BCUT2D eigenvalue weighted by Gasteiger charge is 2.35. The summed E-state index contributed by atoms with van der Waals surface area (Å²) in [6.07, 6.45) is 0.646. The molecule has 0 saturated carbocycles. The number of aromatic nitrogens is 1. The van der Waals surface area contributed by atoms with Gasteiger partial charge in [0, 0.05) is 43.7 Å². The highest BCUT2D eigenvalue weighted by atomic mass is 32.1. The first-order valence-corrected chi connectivity index (χ1v) is 11.3. The first-order chi connectivity index (χ1) is 14.4. The minimum absolute atomic E-state index is 0.0191. The van der Waals surface area contributed by atoms with Crippen molar-refractivity contribution in [2.45, 2.75) is 45.9 Å². The maximum atomic E-state index is 12.7. The van der Waals surface area contributed by atoms with Gasteiger partial charge in [-0.1, -0.05) is 17.7 Å². The zero-order valence-electron chi connectivity index (χ0n) is 17.6. The van der Waals surface area contributed by atoms with Crippen LogP contribution in [-0.4, -0.2) is 53.5 Å². The number of hydrogen-bond donors (Lipinski definition) is 1. The van der Waals surface area contributed by atoms with Gasteiger partial charge in [-0.15, -0.1) is 11.3 Å². The number of aryl methyl sites for hydroxylation is 1. The molecule has 2 aromatic rings. The zero-order valence-corrected chi connectivity index (χ0v) is 18.4. The smallest absolute Gasteiger partial charge is 0.231 e. The van der Waals surface area contributed by atoms with E-state index in [0.29, 0.717) is 11.7 Å². The monoisotopic (exact) mass is 428 g/mol. The van der Waals surface area contributed by atoms with Crippen LogP contribution in [0.2, 0.25) is 0 Å². The van der Waals surface area contributed by atoms with E-state index in [1.807, 2.05) is 36.6 Å². The number of rotatable bonds is 5. The average molecular weight is 429 g/mol. The Morgan fingerprint density at radius 3 is 2.60 bits per heavy atom. The molecule has 0 radical (unpaired) electrons. The van der Waals surface area contributed by atoms with Gasteiger partial charge in [0.1, 0.15) is 0 Å². The summed E-state index contributed by atoms with van der Waals surface area (Å²) in [5.41, 5.74) is 2.92. The normalized spacial score (nSPS) is 25.0. The lowest BCUT2D eigenvalue weighted by molar-refractivity contribution is -0.122. The van der Waals surface area contributed by atoms with Crippen LogP contribution in [0.25, 0.3) is 0 Å². The number of nitrogens with one attached hydrogen (secondary N) is 1. The number of carbonyl (C=O) groups is 2. The third-order valence-electron chi connectivity index (χ3n) is 5.50. The number of nitrogens with zero attached hydrogens (tertiary/aromatic N) is 3. The number of hydrogen-bond acceptors (Lipinski definition) is 6. The van der Waals surface area contributed by atoms with Crippen LogP contribution >= 0.6 is 11.3 Å². The van der Waals surface area contributed by atoms with Gasteiger partial charge < -0.3 is 15.0 Å². The lowest BCUT2D eigenvalue weighted by atomic mass is 10.1. The summed E-state index contributed by atoms with van der Waals surface area (Å²) in [6.45, 7) is 9.07. The fourth-order valence-electron chi connectivity index (χ4n) is 4.14. The van der Waals surface area contributed by atoms with E-state index in [0.717, 1.165) is 36.6 Å². The van der Waals surface area contributed by atoms with Crippen molar-refractivity contribution in [2.75, 3.05) is 29.9 Å². The number of morpholine rings is 1. The van der Waals surface area contributed by atoms with Gasteiger partial charge >= 0.3 is 0 Å².